The number of carbonyl (C=O) groups is 3. The molecule has 0 saturated carbocycles. The van der Waals surface area contributed by atoms with Gasteiger partial charge in [-0.3, -0.25) is 9.59 Å². The lowest BCUT2D eigenvalue weighted by Crippen LogP contribution is -2.50. The van der Waals surface area contributed by atoms with Crippen LogP contribution in [0, 0.1) is 17.6 Å². The van der Waals surface area contributed by atoms with Crippen LogP contribution in [0.4, 0.5) is 19.3 Å². The van der Waals surface area contributed by atoms with Gasteiger partial charge in [0.25, 0.3) is 0 Å². The molecule has 0 N–H and O–H groups in total. The molecule has 2 fully saturated rings. The highest BCUT2D eigenvalue weighted by molar-refractivity contribution is 6.06. The van der Waals surface area contributed by atoms with Gasteiger partial charge in [0.2, 0.25) is 0 Å². The number of halogens is 2. The van der Waals surface area contributed by atoms with E-state index in [1.54, 1.807) is 37.5 Å². The number of Topliss-reactive ketones (excluding diaryl/α,β-unsaturated/α-hetero) is 1. The molecule has 10 heteroatoms. The van der Waals surface area contributed by atoms with Gasteiger partial charge in [0.05, 0.1) is 25.3 Å². The maximum absolute atomic E-state index is 15.3. The first kappa shape index (κ1) is 25.7. The predicted octanol–water partition coefficient (Wildman–Crippen LogP) is 3.95. The number of carbonyl (C=O) groups excluding carboxylic acids is 3. The molecule has 188 valence electrons. The number of esters is 1. The fraction of sp³-hybridized carbons (Fsp3) is 0.625. The Bertz CT molecular complexity index is 962. The van der Waals surface area contributed by atoms with Gasteiger partial charge in [0.15, 0.2) is 23.2 Å². The maximum Gasteiger partial charge on any atom is 0.410 e. The summed E-state index contributed by atoms with van der Waals surface area (Å²) in [7, 11) is 1.19. The number of anilines is 1. The Morgan fingerprint density at radius 2 is 1.88 bits per heavy atom. The van der Waals surface area contributed by atoms with Crippen molar-refractivity contribution >= 4 is 23.5 Å². The molecule has 2 aliphatic rings. The van der Waals surface area contributed by atoms with Crippen LogP contribution in [-0.4, -0.2) is 67.7 Å². The van der Waals surface area contributed by atoms with Crippen molar-refractivity contribution in [2.45, 2.75) is 58.6 Å². The fourth-order valence-electron chi connectivity index (χ4n) is 4.63. The lowest BCUT2D eigenvalue weighted by atomic mass is 9.92. The van der Waals surface area contributed by atoms with Crippen LogP contribution in [0.25, 0.3) is 0 Å². The number of ketones is 1. The van der Waals surface area contributed by atoms with Gasteiger partial charge in [-0.25, -0.2) is 13.6 Å². The molecule has 3 rings (SSSR count). The number of likely N-dealkylation sites (tertiary alicyclic amines) is 1. The largest absolute Gasteiger partial charge is 0.491 e. The zero-order chi connectivity index (χ0) is 25.2. The van der Waals surface area contributed by atoms with Crippen LogP contribution in [0.5, 0.6) is 5.75 Å². The number of benzene rings is 1. The van der Waals surface area contributed by atoms with Crippen molar-refractivity contribution in [3.8, 4) is 5.75 Å². The summed E-state index contributed by atoms with van der Waals surface area (Å²) in [5.74, 6) is -3.94. The van der Waals surface area contributed by atoms with Gasteiger partial charge in [-0.1, -0.05) is 0 Å². The normalized spacial score (nSPS) is 20.1. The number of hydrogen-bond donors (Lipinski definition) is 0. The number of hydrogen-bond acceptors (Lipinski definition) is 7. The van der Waals surface area contributed by atoms with Crippen LogP contribution in [0.1, 0.15) is 57.3 Å². The molecule has 0 radical (unpaired) electrons. The Kier molecular flexibility index (Phi) is 7.67. The first-order valence-corrected chi connectivity index (χ1v) is 11.5. The number of nitrogens with zero attached hydrogens (tertiary/aromatic N) is 2. The molecular formula is C24H32F2N2O6. The number of rotatable bonds is 6. The van der Waals surface area contributed by atoms with Gasteiger partial charge in [0, 0.05) is 19.6 Å². The van der Waals surface area contributed by atoms with E-state index in [-0.39, 0.29) is 30.8 Å². The van der Waals surface area contributed by atoms with Gasteiger partial charge >= 0.3 is 12.1 Å². The summed E-state index contributed by atoms with van der Waals surface area (Å²) in [5.41, 5.74) is -1.32. The lowest BCUT2D eigenvalue weighted by Gasteiger charge is -2.37. The topological polar surface area (TPSA) is 85.4 Å². The van der Waals surface area contributed by atoms with E-state index < -0.39 is 52.8 Å². The Hall–Kier alpha value is -2.91. The average Bonchev–Trinajstić information content (AvgIpc) is 3.17. The maximum atomic E-state index is 15.3. The molecule has 1 unspecified atom stereocenters. The van der Waals surface area contributed by atoms with Crippen LogP contribution >= 0.6 is 0 Å². The Morgan fingerprint density at radius 3 is 2.50 bits per heavy atom. The summed E-state index contributed by atoms with van der Waals surface area (Å²) >= 11 is 0. The molecule has 34 heavy (non-hydrogen) atoms. The smallest absolute Gasteiger partial charge is 0.410 e. The Balaban J connectivity index is 1.87. The molecular weight excluding hydrogens is 450 g/mol. The summed E-state index contributed by atoms with van der Waals surface area (Å²) in [4.78, 5) is 40.1. The van der Waals surface area contributed by atoms with E-state index in [4.69, 9.17) is 14.2 Å². The molecule has 0 bridgehead atoms. The van der Waals surface area contributed by atoms with E-state index in [9.17, 15) is 14.4 Å². The van der Waals surface area contributed by atoms with Gasteiger partial charge in [-0.2, -0.15) is 0 Å². The van der Waals surface area contributed by atoms with E-state index in [1.165, 1.54) is 7.11 Å². The molecule has 2 atom stereocenters. The molecule has 2 heterocycles. The van der Waals surface area contributed by atoms with Crippen molar-refractivity contribution in [3.63, 3.8) is 0 Å². The predicted molar refractivity (Wildman–Crippen MR) is 120 cm³/mol. The van der Waals surface area contributed by atoms with E-state index in [1.807, 2.05) is 0 Å². The van der Waals surface area contributed by atoms with Crippen molar-refractivity contribution in [3.05, 3.63) is 23.3 Å². The molecule has 0 aliphatic carbocycles. The van der Waals surface area contributed by atoms with E-state index in [0.717, 1.165) is 18.9 Å². The van der Waals surface area contributed by atoms with Crippen molar-refractivity contribution < 1.29 is 37.4 Å². The second-order valence-electron chi connectivity index (χ2n) is 9.56. The zero-order valence-electron chi connectivity index (χ0n) is 20.3. The Morgan fingerprint density at radius 1 is 1.18 bits per heavy atom. The number of fused-ring (bicyclic) bond motifs is 1. The fourth-order valence-corrected chi connectivity index (χ4v) is 4.63. The minimum absolute atomic E-state index is 0.0542. The molecule has 0 aromatic heterocycles. The number of ether oxygens (including phenoxy) is 3. The van der Waals surface area contributed by atoms with E-state index in [2.05, 4.69) is 0 Å². The summed E-state index contributed by atoms with van der Waals surface area (Å²) in [6, 6.07) is 0.573. The average molecular weight is 483 g/mol. The van der Waals surface area contributed by atoms with Crippen LogP contribution in [-0.2, 0) is 14.3 Å². The molecule has 1 aromatic carbocycles. The highest BCUT2D eigenvalue weighted by Gasteiger charge is 2.44. The van der Waals surface area contributed by atoms with Gasteiger partial charge < -0.3 is 24.0 Å². The number of amides is 1. The summed E-state index contributed by atoms with van der Waals surface area (Å²) in [6.07, 6.45) is 0.486. The quantitative estimate of drug-likeness (QED) is 0.345. The lowest BCUT2D eigenvalue weighted by molar-refractivity contribution is -0.141. The molecule has 1 amide bonds. The second kappa shape index (κ2) is 10.1. The first-order chi connectivity index (χ1) is 16.0. The monoisotopic (exact) mass is 482 g/mol. The number of methoxy groups -OCH3 is 1. The third-order valence-electron chi connectivity index (χ3n) is 5.99. The van der Waals surface area contributed by atoms with Crippen LogP contribution < -0.4 is 9.64 Å². The molecule has 1 aromatic rings. The highest BCUT2D eigenvalue weighted by Crippen LogP contribution is 2.41. The molecule has 8 nitrogen and oxygen atoms in total. The van der Waals surface area contributed by atoms with Gasteiger partial charge in [0.1, 0.15) is 17.7 Å². The third-order valence-corrected chi connectivity index (χ3v) is 5.99. The standard InChI is InChI=1S/C24H32F2N2O6/c1-6-33-19(30)11-18(29)15-10-16(25)21(22(32-5)20(15)26)27-12-14-8-7-9-28(17(14)13-27)23(31)34-24(2,3)4/h10,14,17H,6-9,11-13H2,1-5H3/t14-,17?/m0/s1. The van der Waals surface area contributed by atoms with Crippen molar-refractivity contribution in [2.75, 3.05) is 38.3 Å². The SMILES string of the molecule is CCOC(=O)CC(=O)c1cc(F)c(N2CC3[C@@H](CCCN3C(=O)OC(C)(C)C)C2)c(OC)c1F. The second-order valence-corrected chi connectivity index (χ2v) is 9.56. The summed E-state index contributed by atoms with van der Waals surface area (Å²) in [6.45, 7) is 8.23. The molecule has 0 spiro atoms. The molecule has 2 aliphatic heterocycles. The van der Waals surface area contributed by atoms with E-state index in [0.29, 0.717) is 13.1 Å². The van der Waals surface area contributed by atoms with Crippen molar-refractivity contribution in [2.24, 2.45) is 5.92 Å². The Labute approximate surface area is 198 Å². The van der Waals surface area contributed by atoms with Crippen LogP contribution in [0.15, 0.2) is 6.07 Å². The molecule has 2 saturated heterocycles. The summed E-state index contributed by atoms with van der Waals surface area (Å²) in [5, 5.41) is 0. The van der Waals surface area contributed by atoms with Gasteiger partial charge in [-0.15, -0.1) is 0 Å². The van der Waals surface area contributed by atoms with E-state index >= 15 is 8.78 Å². The van der Waals surface area contributed by atoms with Crippen LogP contribution in [0.3, 0.4) is 0 Å². The highest BCUT2D eigenvalue weighted by atomic mass is 19.1. The minimum atomic E-state index is -1.04. The zero-order valence-corrected chi connectivity index (χ0v) is 20.3. The van der Waals surface area contributed by atoms with Crippen molar-refractivity contribution in [1.29, 1.82) is 0 Å². The van der Waals surface area contributed by atoms with Crippen molar-refractivity contribution in [1.82, 2.24) is 4.90 Å². The third kappa shape index (κ3) is 5.42. The minimum Gasteiger partial charge on any atom is -0.491 e. The van der Waals surface area contributed by atoms with Crippen LogP contribution in [0.2, 0.25) is 0 Å². The van der Waals surface area contributed by atoms with Gasteiger partial charge in [-0.05, 0) is 52.5 Å². The summed E-state index contributed by atoms with van der Waals surface area (Å²) < 4.78 is 45.9. The number of piperidine rings is 1. The first-order valence-electron chi connectivity index (χ1n) is 11.5.